The minimum Gasteiger partial charge on any atom is -0.356 e. The number of hydrogen-bond acceptors (Lipinski definition) is 17. The summed E-state index contributed by atoms with van der Waals surface area (Å²) in [6.45, 7) is 2.78. The molecule has 0 bridgehead atoms. The van der Waals surface area contributed by atoms with E-state index in [1.54, 1.807) is 70.0 Å². The summed E-state index contributed by atoms with van der Waals surface area (Å²) in [5, 5.41) is 37.7. The van der Waals surface area contributed by atoms with Crippen molar-refractivity contribution in [1.29, 1.82) is 0 Å². The molecule has 0 aromatic carbocycles. The van der Waals surface area contributed by atoms with Crippen molar-refractivity contribution >= 4 is 128 Å². The minimum absolute atomic E-state index is 0.000944. The van der Waals surface area contributed by atoms with Crippen LogP contribution in [0.2, 0.25) is 0 Å². The van der Waals surface area contributed by atoms with E-state index in [1.165, 1.54) is 116 Å². The maximum atomic E-state index is 13.4. The molecule has 8 rings (SSSR count). The van der Waals surface area contributed by atoms with Gasteiger partial charge in [0.2, 0.25) is 47.1 Å². The molecule has 0 spiro atoms. The van der Waals surface area contributed by atoms with Crippen LogP contribution >= 0.6 is 0 Å². The van der Waals surface area contributed by atoms with E-state index in [4.69, 9.17) is 0 Å². The molecule has 0 saturated carbocycles. The number of hydrogen-bond donors (Lipinski definition) is 14. The fraction of sp³-hybridized carbons (Fsp3) is 0.362. The minimum atomic E-state index is -0.715. The summed E-state index contributed by atoms with van der Waals surface area (Å²) in [4.78, 5) is 191. The molecule has 39 nitrogen and oxygen atoms in total. The van der Waals surface area contributed by atoms with E-state index in [0.717, 1.165) is 13.0 Å². The molecule has 0 unspecified atom stereocenters. The second kappa shape index (κ2) is 36.9. The molecular formula is C69H89N25O14. The molecule has 0 aliphatic carbocycles. The number of aryl methyl sites for hydroxylation is 8. The molecule has 108 heavy (non-hydrogen) atoms. The zero-order valence-electron chi connectivity index (χ0n) is 61.6. The van der Waals surface area contributed by atoms with Crippen LogP contribution in [-0.4, -0.2) is 194 Å². The van der Waals surface area contributed by atoms with Gasteiger partial charge in [-0.25, -0.2) is 9.97 Å². The van der Waals surface area contributed by atoms with E-state index < -0.39 is 70.9 Å². The predicted molar refractivity (Wildman–Crippen MR) is 397 cm³/mol. The van der Waals surface area contributed by atoms with Gasteiger partial charge in [0.15, 0.2) is 11.6 Å². The summed E-state index contributed by atoms with van der Waals surface area (Å²) in [5.41, 5.74) is 3.41. The topological polar surface area (TPSA) is 476 Å². The van der Waals surface area contributed by atoms with E-state index in [-0.39, 0.29) is 141 Å². The summed E-state index contributed by atoms with van der Waals surface area (Å²) in [6.07, 6.45) is 12.9. The lowest BCUT2D eigenvalue weighted by atomic mass is 10.3. The Morgan fingerprint density at radius 3 is 0.981 bits per heavy atom. The summed E-state index contributed by atoms with van der Waals surface area (Å²) >= 11 is 0. The lowest BCUT2D eigenvalue weighted by molar-refractivity contribution is -0.122. The van der Waals surface area contributed by atoms with Crippen LogP contribution in [0.1, 0.15) is 136 Å². The molecular weight excluding hydrogens is 1400 g/mol. The maximum absolute atomic E-state index is 13.4. The average molecular weight is 1490 g/mol. The van der Waals surface area contributed by atoms with E-state index in [2.05, 4.69) is 84.4 Å². The van der Waals surface area contributed by atoms with Crippen LogP contribution in [0.3, 0.4) is 0 Å². The summed E-state index contributed by atoms with van der Waals surface area (Å²) in [7, 11) is 16.7. The highest BCUT2D eigenvalue weighted by atomic mass is 16.2. The van der Waals surface area contributed by atoms with E-state index in [9.17, 15) is 67.1 Å². The Balaban J connectivity index is 0.678. The molecule has 0 atom stereocenters. The standard InChI is InChI=1S/C69H89N25O14/c1-40(95)76-41-26-50(90(7)32-41)65(104)79-45-31-49(89(6)36-45)64(103)74-24-18-59(100)78-43-28-52(92(9)34-43)66(105)80-44-29-47(87(4)35-44)62(101)72-19-12-14-57(98)82-53-38-94(11)61(83-53)69(108)85-54-39-93(10)60(84-54)68(107)75-23-16-56(97)71-21-17-58(99)77-42-27-51(91(8)33-42)67(106)81-46-30-48(88(5)37-46)63(102)73-22-15-55(96)70-20-13-25-86(2)3/h26-39H,12-25H2,1-11H3,(H,70,96)(H,71,97)(H,72,101)(H,73,102)(H,74,103)(H,75,107)(H,76,95)(H,77,99)(H,78,100)(H,79,104)(H,80,105)(H,81,106)(H,82,98)(H,85,108). The normalized spacial score (nSPS) is 10.9. The third-order valence-electron chi connectivity index (χ3n) is 16.3. The lowest BCUT2D eigenvalue weighted by Gasteiger charge is -2.10. The van der Waals surface area contributed by atoms with Crippen molar-refractivity contribution < 1.29 is 67.1 Å². The van der Waals surface area contributed by atoms with Crippen LogP contribution in [0.25, 0.3) is 0 Å². The van der Waals surface area contributed by atoms with Crippen LogP contribution < -0.4 is 74.4 Å². The average Bonchev–Trinajstić information content (AvgIpc) is 1.70. The van der Waals surface area contributed by atoms with Gasteiger partial charge in [0.25, 0.3) is 47.3 Å². The highest BCUT2D eigenvalue weighted by molar-refractivity contribution is 6.08. The van der Waals surface area contributed by atoms with Crippen molar-refractivity contribution in [3.63, 3.8) is 0 Å². The largest absolute Gasteiger partial charge is 0.356 e. The fourth-order valence-corrected chi connectivity index (χ4v) is 11.0. The fourth-order valence-electron chi connectivity index (χ4n) is 11.0. The third-order valence-corrected chi connectivity index (χ3v) is 16.3. The molecule has 14 amide bonds. The number of anilines is 8. The van der Waals surface area contributed by atoms with Crippen molar-refractivity contribution in [1.82, 2.24) is 83.3 Å². The van der Waals surface area contributed by atoms with E-state index >= 15 is 0 Å². The molecule has 0 aliphatic rings. The summed E-state index contributed by atoms with van der Waals surface area (Å²) in [5.74, 6) is -6.70. The quantitative estimate of drug-likeness (QED) is 0.0248. The number of carbonyl (C=O) groups excluding carboxylic acids is 14. The number of nitrogens with zero attached hydrogens (tertiary/aromatic N) is 11. The Hall–Kier alpha value is -13.4. The number of nitrogens with one attached hydrogen (secondary N) is 14. The number of imidazole rings is 2. The number of carbonyl (C=O) groups is 14. The van der Waals surface area contributed by atoms with E-state index in [1.807, 2.05) is 19.0 Å². The van der Waals surface area contributed by atoms with Crippen LogP contribution in [0, 0.1) is 0 Å². The van der Waals surface area contributed by atoms with Gasteiger partial charge >= 0.3 is 0 Å². The van der Waals surface area contributed by atoms with Gasteiger partial charge in [-0.05, 0) is 69.9 Å². The Labute approximate surface area is 619 Å². The molecule has 0 aliphatic heterocycles. The van der Waals surface area contributed by atoms with Crippen molar-refractivity contribution in [3.05, 3.63) is 132 Å². The van der Waals surface area contributed by atoms with Gasteiger partial charge in [-0.3, -0.25) is 67.1 Å². The molecule has 0 fully saturated rings. The molecule has 39 heteroatoms. The van der Waals surface area contributed by atoms with Gasteiger partial charge in [-0.2, -0.15) is 0 Å². The van der Waals surface area contributed by atoms with Crippen molar-refractivity contribution in [2.24, 2.45) is 56.4 Å². The zero-order chi connectivity index (χ0) is 78.6. The first-order valence-corrected chi connectivity index (χ1v) is 34.1. The molecule has 0 radical (unpaired) electrons. The first-order chi connectivity index (χ1) is 51.3. The van der Waals surface area contributed by atoms with Crippen LogP contribution in [0.15, 0.2) is 86.0 Å². The number of aromatic nitrogens is 10. The monoisotopic (exact) mass is 1490 g/mol. The van der Waals surface area contributed by atoms with Crippen LogP contribution in [0.4, 0.5) is 45.8 Å². The zero-order valence-corrected chi connectivity index (χ0v) is 61.6. The highest BCUT2D eigenvalue weighted by Crippen LogP contribution is 2.22. The molecule has 14 N–H and O–H groups in total. The molecule has 8 aromatic heterocycles. The predicted octanol–water partition coefficient (Wildman–Crippen LogP) is 1.51. The number of amides is 14. The summed E-state index contributed by atoms with van der Waals surface area (Å²) < 4.78 is 11.9. The number of rotatable bonds is 36. The summed E-state index contributed by atoms with van der Waals surface area (Å²) in [6, 6.07) is 8.91. The smallest absolute Gasteiger partial charge is 0.292 e. The Kier molecular flexibility index (Phi) is 27.4. The second-order valence-electron chi connectivity index (χ2n) is 25.6. The Morgan fingerprint density at radius 2 is 0.593 bits per heavy atom. The van der Waals surface area contributed by atoms with Crippen molar-refractivity contribution in [2.75, 3.05) is 102 Å². The first-order valence-electron chi connectivity index (χ1n) is 34.1. The van der Waals surface area contributed by atoms with Crippen LogP contribution in [0.5, 0.6) is 0 Å². The molecule has 574 valence electrons. The van der Waals surface area contributed by atoms with Gasteiger partial charge in [0.05, 0.1) is 34.1 Å². The maximum Gasteiger partial charge on any atom is 0.292 e. The molecule has 8 heterocycles. The van der Waals surface area contributed by atoms with Crippen molar-refractivity contribution in [2.45, 2.75) is 51.9 Å². The van der Waals surface area contributed by atoms with Gasteiger partial charge in [0, 0.05) is 184 Å². The SMILES string of the molecule is CC(=O)Nc1cc(C(=O)Nc2cc(C(=O)NCCC(=O)Nc3cc(C(=O)Nc4cc(C(=O)NCCCC(=O)Nc5cn(C)c(C(=O)Nc6cn(C)c(C(=O)NCCC(=O)NCCC(=O)Nc7cc(C(=O)Nc8cc(C(=O)NCCC(=O)NCCCN(C)C)n(C)c8)n(C)c7)n6)n5)n(C)c4)n(C)c3)n(C)c2)n(C)c1. The lowest BCUT2D eigenvalue weighted by Crippen LogP contribution is -2.33. The van der Waals surface area contributed by atoms with Gasteiger partial charge in [-0.1, -0.05) is 0 Å². The Bertz CT molecular complexity index is 4740. The van der Waals surface area contributed by atoms with Crippen molar-refractivity contribution in [3.8, 4) is 0 Å². The Morgan fingerprint density at radius 1 is 0.296 bits per heavy atom. The molecule has 0 saturated heterocycles. The van der Waals surface area contributed by atoms with Gasteiger partial charge < -0.3 is 116 Å². The van der Waals surface area contributed by atoms with Gasteiger partial charge in [0.1, 0.15) is 34.2 Å². The highest BCUT2D eigenvalue weighted by Gasteiger charge is 2.24. The second-order valence-corrected chi connectivity index (χ2v) is 25.6. The first kappa shape index (κ1) is 80.3. The van der Waals surface area contributed by atoms with Crippen LogP contribution in [-0.2, 0) is 85.1 Å². The molecule has 8 aromatic rings. The third kappa shape index (κ3) is 22.8. The van der Waals surface area contributed by atoms with E-state index in [0.29, 0.717) is 40.7 Å². The van der Waals surface area contributed by atoms with Gasteiger partial charge in [-0.15, -0.1) is 0 Å².